The van der Waals surface area contributed by atoms with Gasteiger partial charge in [0.25, 0.3) is 5.91 Å². The number of nitrogens with zero attached hydrogens (tertiary/aromatic N) is 4. The van der Waals surface area contributed by atoms with E-state index in [2.05, 4.69) is 25.3 Å². The molecule has 2 unspecified atom stereocenters. The summed E-state index contributed by atoms with van der Waals surface area (Å²) in [5, 5.41) is 17.4. The van der Waals surface area contributed by atoms with Crippen molar-refractivity contribution >= 4 is 5.91 Å². The van der Waals surface area contributed by atoms with E-state index >= 15 is 0 Å². The standard InChI is InChI=1S/C19H25N5O3/c25-16-11-24(12-17-22-19(27-23-17)13-5-1-2-6-13)10-8-14(16)21-18(26)15-7-3-4-9-20-15/h3-4,7,9,13-14,16,25H,1-2,5-6,8,10-12H2,(H,21,26). The molecule has 0 bridgehead atoms. The molecule has 1 amide bonds. The number of hydrogen-bond donors (Lipinski definition) is 2. The summed E-state index contributed by atoms with van der Waals surface area (Å²) in [6, 6.07) is 4.91. The molecule has 2 N–H and O–H groups in total. The van der Waals surface area contributed by atoms with E-state index in [0.717, 1.165) is 25.3 Å². The molecule has 2 aliphatic rings. The minimum atomic E-state index is -0.646. The number of amides is 1. The van der Waals surface area contributed by atoms with Gasteiger partial charge in [0, 0.05) is 25.2 Å². The lowest BCUT2D eigenvalue weighted by atomic mass is 10.0. The Kier molecular flexibility index (Phi) is 5.45. The van der Waals surface area contributed by atoms with Crippen LogP contribution in [0.1, 0.15) is 60.2 Å². The zero-order chi connectivity index (χ0) is 18.6. The van der Waals surface area contributed by atoms with Crippen molar-refractivity contribution in [3.63, 3.8) is 0 Å². The lowest BCUT2D eigenvalue weighted by Crippen LogP contribution is -2.53. The summed E-state index contributed by atoms with van der Waals surface area (Å²) >= 11 is 0. The molecule has 0 aromatic carbocycles. The van der Waals surface area contributed by atoms with E-state index in [4.69, 9.17) is 4.52 Å². The molecule has 0 spiro atoms. The molecular weight excluding hydrogens is 346 g/mol. The van der Waals surface area contributed by atoms with E-state index in [1.165, 1.54) is 12.8 Å². The molecule has 2 fully saturated rings. The Balaban J connectivity index is 1.29. The molecule has 4 rings (SSSR count). The molecule has 2 aromatic rings. The number of pyridine rings is 1. The Bertz CT molecular complexity index is 760. The van der Waals surface area contributed by atoms with Crippen LogP contribution in [0.4, 0.5) is 0 Å². The number of aliphatic hydroxyl groups excluding tert-OH is 1. The second kappa shape index (κ2) is 8.14. The van der Waals surface area contributed by atoms with Crippen molar-refractivity contribution in [2.24, 2.45) is 0 Å². The average molecular weight is 371 g/mol. The highest BCUT2D eigenvalue weighted by Crippen LogP contribution is 2.33. The number of likely N-dealkylation sites (tertiary alicyclic amines) is 1. The van der Waals surface area contributed by atoms with Gasteiger partial charge in [-0.25, -0.2) is 0 Å². The summed E-state index contributed by atoms with van der Waals surface area (Å²) in [5.41, 5.74) is 0.360. The first kappa shape index (κ1) is 18.1. The summed E-state index contributed by atoms with van der Waals surface area (Å²) in [5.74, 6) is 1.57. The summed E-state index contributed by atoms with van der Waals surface area (Å²) < 4.78 is 5.43. The maximum absolute atomic E-state index is 12.2. The van der Waals surface area contributed by atoms with Crippen molar-refractivity contribution in [1.29, 1.82) is 0 Å². The number of carbonyl (C=O) groups excluding carboxylic acids is 1. The van der Waals surface area contributed by atoms with E-state index in [-0.39, 0.29) is 11.9 Å². The number of hydrogen-bond acceptors (Lipinski definition) is 7. The van der Waals surface area contributed by atoms with Gasteiger partial charge in [0.2, 0.25) is 5.89 Å². The molecule has 3 heterocycles. The maximum atomic E-state index is 12.2. The fraction of sp³-hybridized carbons (Fsp3) is 0.579. The third-order valence-corrected chi connectivity index (χ3v) is 5.43. The number of carbonyl (C=O) groups is 1. The number of β-amino-alcohol motifs (C(OH)–C–C–N with tert-alkyl or cyclic N) is 1. The van der Waals surface area contributed by atoms with E-state index in [1.807, 2.05) is 0 Å². The number of aromatic nitrogens is 3. The van der Waals surface area contributed by atoms with Crippen LogP contribution in [0.3, 0.4) is 0 Å². The summed E-state index contributed by atoms with van der Waals surface area (Å²) in [6.07, 6.45) is 6.31. The lowest BCUT2D eigenvalue weighted by Gasteiger charge is -2.35. The molecule has 8 nitrogen and oxygen atoms in total. The van der Waals surface area contributed by atoms with E-state index in [0.29, 0.717) is 36.9 Å². The zero-order valence-electron chi connectivity index (χ0n) is 15.3. The number of aliphatic hydroxyl groups is 1. The van der Waals surface area contributed by atoms with Crippen molar-refractivity contribution in [3.05, 3.63) is 41.8 Å². The highest BCUT2D eigenvalue weighted by Gasteiger charge is 2.30. The smallest absolute Gasteiger partial charge is 0.270 e. The van der Waals surface area contributed by atoms with Gasteiger partial charge in [-0.3, -0.25) is 14.7 Å². The van der Waals surface area contributed by atoms with Gasteiger partial charge in [0.05, 0.1) is 18.7 Å². The molecular formula is C19H25N5O3. The van der Waals surface area contributed by atoms with Crippen LogP contribution >= 0.6 is 0 Å². The van der Waals surface area contributed by atoms with Gasteiger partial charge in [-0.15, -0.1) is 0 Å². The van der Waals surface area contributed by atoms with Crippen LogP contribution in [0.15, 0.2) is 28.9 Å². The normalized spacial score (nSPS) is 24.2. The molecule has 2 aromatic heterocycles. The first-order valence-corrected chi connectivity index (χ1v) is 9.64. The molecule has 8 heteroatoms. The van der Waals surface area contributed by atoms with Gasteiger partial charge in [-0.1, -0.05) is 24.1 Å². The first-order chi connectivity index (χ1) is 13.2. The first-order valence-electron chi connectivity index (χ1n) is 9.64. The number of rotatable bonds is 5. The van der Waals surface area contributed by atoms with Crippen LogP contribution in [0.5, 0.6) is 0 Å². The minimum Gasteiger partial charge on any atom is -0.390 e. The van der Waals surface area contributed by atoms with Crippen LogP contribution in [0, 0.1) is 0 Å². The predicted octanol–water partition coefficient (Wildman–Crippen LogP) is 1.49. The van der Waals surface area contributed by atoms with Crippen molar-refractivity contribution < 1.29 is 14.4 Å². The van der Waals surface area contributed by atoms with Crippen molar-refractivity contribution in [3.8, 4) is 0 Å². The van der Waals surface area contributed by atoms with Crippen LogP contribution in [-0.2, 0) is 6.54 Å². The van der Waals surface area contributed by atoms with Crippen LogP contribution < -0.4 is 5.32 Å². The molecule has 1 saturated carbocycles. The SMILES string of the molecule is O=C(NC1CCN(Cc2noc(C3CCCC3)n2)CC1O)c1ccccn1. The van der Waals surface area contributed by atoms with E-state index in [9.17, 15) is 9.90 Å². The summed E-state index contributed by atoms with van der Waals surface area (Å²) in [7, 11) is 0. The van der Waals surface area contributed by atoms with Crippen molar-refractivity contribution in [2.75, 3.05) is 13.1 Å². The topological polar surface area (TPSA) is 104 Å². The lowest BCUT2D eigenvalue weighted by molar-refractivity contribution is 0.0337. The fourth-order valence-corrected chi connectivity index (χ4v) is 3.92. The quantitative estimate of drug-likeness (QED) is 0.820. The monoisotopic (exact) mass is 371 g/mol. The van der Waals surface area contributed by atoms with Crippen LogP contribution in [0.2, 0.25) is 0 Å². The predicted molar refractivity (Wildman–Crippen MR) is 96.9 cm³/mol. The number of nitrogens with one attached hydrogen (secondary N) is 1. The van der Waals surface area contributed by atoms with Gasteiger partial charge < -0.3 is 14.9 Å². The molecule has 1 aliphatic carbocycles. The second-order valence-electron chi connectivity index (χ2n) is 7.42. The second-order valence-corrected chi connectivity index (χ2v) is 7.42. The van der Waals surface area contributed by atoms with Crippen molar-refractivity contribution in [1.82, 2.24) is 25.3 Å². The molecule has 2 atom stereocenters. The van der Waals surface area contributed by atoms with Gasteiger partial charge in [-0.05, 0) is 31.4 Å². The minimum absolute atomic E-state index is 0.257. The zero-order valence-corrected chi connectivity index (χ0v) is 15.3. The van der Waals surface area contributed by atoms with E-state index < -0.39 is 6.10 Å². The number of piperidine rings is 1. The summed E-state index contributed by atoms with van der Waals surface area (Å²) in [4.78, 5) is 22.9. The fourth-order valence-electron chi connectivity index (χ4n) is 3.92. The molecule has 1 saturated heterocycles. The molecule has 27 heavy (non-hydrogen) atoms. The largest absolute Gasteiger partial charge is 0.390 e. The molecule has 1 aliphatic heterocycles. The third kappa shape index (κ3) is 4.33. The van der Waals surface area contributed by atoms with Crippen LogP contribution in [-0.4, -0.2) is 56.3 Å². The average Bonchev–Trinajstić information content (AvgIpc) is 3.36. The Morgan fingerprint density at radius 3 is 2.89 bits per heavy atom. The molecule has 144 valence electrons. The third-order valence-electron chi connectivity index (χ3n) is 5.43. The Morgan fingerprint density at radius 1 is 1.30 bits per heavy atom. The van der Waals surface area contributed by atoms with Crippen LogP contribution in [0.25, 0.3) is 0 Å². The Hall–Kier alpha value is -2.32. The molecule has 0 radical (unpaired) electrons. The van der Waals surface area contributed by atoms with E-state index in [1.54, 1.807) is 24.4 Å². The highest BCUT2D eigenvalue weighted by molar-refractivity contribution is 5.92. The Labute approximate surface area is 158 Å². The highest BCUT2D eigenvalue weighted by atomic mass is 16.5. The van der Waals surface area contributed by atoms with Gasteiger partial charge in [0.1, 0.15) is 5.69 Å². The maximum Gasteiger partial charge on any atom is 0.270 e. The summed E-state index contributed by atoms with van der Waals surface area (Å²) in [6.45, 7) is 1.76. The van der Waals surface area contributed by atoms with Crippen molar-refractivity contribution in [2.45, 2.75) is 56.7 Å². The van der Waals surface area contributed by atoms with Gasteiger partial charge in [0.15, 0.2) is 5.82 Å². The Morgan fingerprint density at radius 2 is 2.15 bits per heavy atom. The van der Waals surface area contributed by atoms with Gasteiger partial charge >= 0.3 is 0 Å². The van der Waals surface area contributed by atoms with Gasteiger partial charge in [-0.2, -0.15) is 4.98 Å².